The van der Waals surface area contributed by atoms with Crippen LogP contribution in [0.4, 0.5) is 0 Å². The first kappa shape index (κ1) is 12.2. The molecule has 0 fully saturated rings. The predicted octanol–water partition coefficient (Wildman–Crippen LogP) is 1.80. The average Bonchev–Trinajstić information content (AvgIpc) is 2.80. The minimum Gasteiger partial charge on any atom is -0.394 e. The molecule has 0 spiro atoms. The Hall–Kier alpha value is -1.24. The number of nitrogens with two attached hydrogens (primary N) is 1. The van der Waals surface area contributed by atoms with Crippen LogP contribution in [0.15, 0.2) is 27.2 Å². The predicted molar refractivity (Wildman–Crippen MR) is 66.2 cm³/mol. The maximum Gasteiger partial charge on any atom is 0.258 e. The lowest BCUT2D eigenvalue weighted by molar-refractivity contribution is 0.260. The quantitative estimate of drug-likeness (QED) is 0.902. The Morgan fingerprint density at radius 3 is 3.00 bits per heavy atom. The van der Waals surface area contributed by atoms with E-state index in [0.717, 1.165) is 15.6 Å². The number of nitrogens with zero attached hydrogens (tertiary/aromatic N) is 2. The van der Waals surface area contributed by atoms with Gasteiger partial charge in [0.05, 0.1) is 12.6 Å². The second kappa shape index (κ2) is 4.95. The summed E-state index contributed by atoms with van der Waals surface area (Å²) in [5, 5.41) is 12.7. The molecule has 0 amide bonds. The van der Waals surface area contributed by atoms with Crippen molar-refractivity contribution in [2.24, 2.45) is 5.73 Å². The molecule has 0 radical (unpaired) electrons. The van der Waals surface area contributed by atoms with Gasteiger partial charge in [0.15, 0.2) is 5.82 Å². The molecule has 1 heterocycles. The Morgan fingerprint density at radius 1 is 1.53 bits per heavy atom. The zero-order valence-electron chi connectivity index (χ0n) is 9.22. The fraction of sp³-hybridized carbons (Fsp3) is 0.273. The van der Waals surface area contributed by atoms with Gasteiger partial charge in [-0.15, -0.1) is 0 Å². The molecule has 0 aliphatic heterocycles. The molecule has 0 saturated heterocycles. The summed E-state index contributed by atoms with van der Waals surface area (Å²) in [4.78, 5) is 4.17. The minimum atomic E-state index is -0.611. The maximum absolute atomic E-state index is 8.91. The van der Waals surface area contributed by atoms with Gasteiger partial charge in [0.1, 0.15) is 0 Å². The third-order valence-electron chi connectivity index (χ3n) is 2.40. The van der Waals surface area contributed by atoms with E-state index in [4.69, 9.17) is 15.4 Å². The van der Waals surface area contributed by atoms with Crippen molar-refractivity contribution in [3.8, 4) is 11.5 Å². The number of aromatic nitrogens is 2. The summed E-state index contributed by atoms with van der Waals surface area (Å²) >= 11 is 3.39. The van der Waals surface area contributed by atoms with Crippen molar-refractivity contribution >= 4 is 15.9 Å². The molecule has 2 aromatic rings. The van der Waals surface area contributed by atoms with Crippen molar-refractivity contribution < 1.29 is 9.63 Å². The highest BCUT2D eigenvalue weighted by atomic mass is 79.9. The average molecular weight is 298 g/mol. The van der Waals surface area contributed by atoms with Gasteiger partial charge in [-0.3, -0.25) is 0 Å². The summed E-state index contributed by atoms with van der Waals surface area (Å²) in [6.45, 7) is 1.74. The Balaban J connectivity index is 2.40. The smallest absolute Gasteiger partial charge is 0.258 e. The summed E-state index contributed by atoms with van der Waals surface area (Å²) in [6, 6.07) is 5.18. The molecule has 5 nitrogen and oxygen atoms in total. The lowest BCUT2D eigenvalue weighted by atomic mass is 10.1. The van der Waals surface area contributed by atoms with E-state index >= 15 is 0 Å². The van der Waals surface area contributed by atoms with Gasteiger partial charge >= 0.3 is 0 Å². The van der Waals surface area contributed by atoms with E-state index in [1.807, 2.05) is 25.1 Å². The molecule has 17 heavy (non-hydrogen) atoms. The number of halogens is 1. The standard InChI is InChI=1S/C11H12BrN3O2/c1-6-2-3-7(12)4-8(6)11-14-10(15-17-11)9(13)5-16/h2-4,9,16H,5,13H2,1H3. The molecule has 1 aromatic carbocycles. The molecule has 0 saturated carbocycles. The van der Waals surface area contributed by atoms with Crippen molar-refractivity contribution in [3.05, 3.63) is 34.1 Å². The van der Waals surface area contributed by atoms with E-state index in [-0.39, 0.29) is 6.61 Å². The Bertz CT molecular complexity index is 527. The number of aryl methyl sites for hydroxylation is 1. The van der Waals surface area contributed by atoms with E-state index in [9.17, 15) is 0 Å². The molecule has 0 aliphatic rings. The van der Waals surface area contributed by atoms with Crippen molar-refractivity contribution in [1.29, 1.82) is 0 Å². The first-order valence-electron chi connectivity index (χ1n) is 5.08. The number of hydrogen-bond donors (Lipinski definition) is 2. The number of aliphatic hydroxyl groups excluding tert-OH is 1. The van der Waals surface area contributed by atoms with Crippen LogP contribution in [0.2, 0.25) is 0 Å². The van der Waals surface area contributed by atoms with Crippen LogP contribution < -0.4 is 5.73 Å². The van der Waals surface area contributed by atoms with E-state index in [1.165, 1.54) is 0 Å². The summed E-state index contributed by atoms with van der Waals surface area (Å²) < 4.78 is 6.07. The molecule has 1 unspecified atom stereocenters. The molecule has 1 atom stereocenters. The number of benzene rings is 1. The zero-order chi connectivity index (χ0) is 12.4. The van der Waals surface area contributed by atoms with Crippen molar-refractivity contribution in [1.82, 2.24) is 10.1 Å². The van der Waals surface area contributed by atoms with Crippen LogP contribution in [0.3, 0.4) is 0 Å². The lowest BCUT2D eigenvalue weighted by Gasteiger charge is -2.01. The second-order valence-electron chi connectivity index (χ2n) is 3.71. The van der Waals surface area contributed by atoms with Crippen LogP contribution in [0, 0.1) is 6.92 Å². The van der Waals surface area contributed by atoms with E-state index < -0.39 is 6.04 Å². The largest absolute Gasteiger partial charge is 0.394 e. The van der Waals surface area contributed by atoms with Gasteiger partial charge < -0.3 is 15.4 Å². The molecule has 2 rings (SSSR count). The number of aliphatic hydroxyl groups is 1. The van der Waals surface area contributed by atoms with Crippen molar-refractivity contribution in [2.45, 2.75) is 13.0 Å². The van der Waals surface area contributed by atoms with Gasteiger partial charge in [-0.25, -0.2) is 0 Å². The van der Waals surface area contributed by atoms with Crippen LogP contribution in [-0.2, 0) is 0 Å². The topological polar surface area (TPSA) is 85.2 Å². The molecule has 90 valence electrons. The van der Waals surface area contributed by atoms with Crippen LogP contribution in [0.5, 0.6) is 0 Å². The monoisotopic (exact) mass is 297 g/mol. The van der Waals surface area contributed by atoms with Crippen molar-refractivity contribution in [3.63, 3.8) is 0 Å². The molecule has 6 heteroatoms. The highest BCUT2D eigenvalue weighted by Crippen LogP contribution is 2.25. The van der Waals surface area contributed by atoms with E-state index in [1.54, 1.807) is 0 Å². The first-order chi connectivity index (χ1) is 8.11. The van der Waals surface area contributed by atoms with Crippen LogP contribution in [0.25, 0.3) is 11.5 Å². The minimum absolute atomic E-state index is 0.212. The maximum atomic E-state index is 8.91. The summed E-state index contributed by atoms with van der Waals surface area (Å²) in [6.07, 6.45) is 0. The summed E-state index contributed by atoms with van der Waals surface area (Å²) in [5.41, 5.74) is 7.49. The first-order valence-corrected chi connectivity index (χ1v) is 5.87. The van der Waals surface area contributed by atoms with Crippen LogP contribution in [-0.4, -0.2) is 21.9 Å². The number of hydrogen-bond acceptors (Lipinski definition) is 5. The third kappa shape index (κ3) is 2.54. The third-order valence-corrected chi connectivity index (χ3v) is 2.89. The van der Waals surface area contributed by atoms with Gasteiger partial charge in [-0.1, -0.05) is 27.2 Å². The van der Waals surface area contributed by atoms with Gasteiger partial charge in [0.25, 0.3) is 5.89 Å². The zero-order valence-corrected chi connectivity index (χ0v) is 10.8. The Labute approximate surface area is 107 Å². The Morgan fingerprint density at radius 2 is 2.29 bits per heavy atom. The fourth-order valence-electron chi connectivity index (χ4n) is 1.40. The van der Waals surface area contributed by atoms with Gasteiger partial charge in [0.2, 0.25) is 0 Å². The molecule has 0 aliphatic carbocycles. The van der Waals surface area contributed by atoms with Crippen LogP contribution in [0.1, 0.15) is 17.4 Å². The van der Waals surface area contributed by atoms with Crippen molar-refractivity contribution in [2.75, 3.05) is 6.61 Å². The van der Waals surface area contributed by atoms with Crippen LogP contribution >= 0.6 is 15.9 Å². The highest BCUT2D eigenvalue weighted by Gasteiger charge is 2.15. The van der Waals surface area contributed by atoms with E-state index in [0.29, 0.717) is 11.7 Å². The Kier molecular flexibility index (Phi) is 3.56. The van der Waals surface area contributed by atoms with E-state index in [2.05, 4.69) is 26.1 Å². The molecular weight excluding hydrogens is 286 g/mol. The second-order valence-corrected chi connectivity index (χ2v) is 4.62. The van der Waals surface area contributed by atoms with Gasteiger partial charge in [-0.05, 0) is 24.6 Å². The SMILES string of the molecule is Cc1ccc(Br)cc1-c1nc(C(N)CO)no1. The summed E-state index contributed by atoms with van der Waals surface area (Å²) in [5.74, 6) is 0.713. The normalized spacial score (nSPS) is 12.7. The number of rotatable bonds is 3. The fourth-order valence-corrected chi connectivity index (χ4v) is 1.76. The van der Waals surface area contributed by atoms with Gasteiger partial charge in [0, 0.05) is 10.0 Å². The van der Waals surface area contributed by atoms with Gasteiger partial charge in [-0.2, -0.15) is 4.98 Å². The summed E-state index contributed by atoms with van der Waals surface area (Å²) in [7, 11) is 0. The molecule has 1 aromatic heterocycles. The molecular formula is C11H12BrN3O2. The molecule has 0 bridgehead atoms. The molecule has 3 N–H and O–H groups in total. The lowest BCUT2D eigenvalue weighted by Crippen LogP contribution is -2.15. The highest BCUT2D eigenvalue weighted by molar-refractivity contribution is 9.10.